The zero-order chi connectivity index (χ0) is 12.3. The minimum Gasteiger partial charge on any atom is -0.377 e. The summed E-state index contributed by atoms with van der Waals surface area (Å²) in [7, 11) is 1.93. The molecule has 1 N–H and O–H groups in total. The molecule has 0 amide bonds. The molecule has 2 heterocycles. The summed E-state index contributed by atoms with van der Waals surface area (Å²) in [5.41, 5.74) is 1.09. The Morgan fingerprint density at radius 2 is 2.24 bits per heavy atom. The van der Waals surface area contributed by atoms with E-state index in [2.05, 4.69) is 45.4 Å². The molecule has 0 radical (unpaired) electrons. The first kappa shape index (κ1) is 13.1. The predicted molar refractivity (Wildman–Crippen MR) is 75.9 cm³/mol. The maximum absolute atomic E-state index is 4.21. The Bertz CT molecular complexity index is 364. The van der Waals surface area contributed by atoms with Gasteiger partial charge in [-0.25, -0.2) is 0 Å². The van der Waals surface area contributed by atoms with E-state index < -0.39 is 0 Å². The van der Waals surface area contributed by atoms with Crippen LogP contribution in [0.3, 0.4) is 0 Å². The highest BCUT2D eigenvalue weighted by atomic mass is 32.2. The van der Waals surface area contributed by atoms with Crippen LogP contribution in [0.5, 0.6) is 0 Å². The van der Waals surface area contributed by atoms with Gasteiger partial charge in [-0.1, -0.05) is 18.3 Å². The minimum absolute atomic E-state index is 0.418. The molecule has 1 saturated heterocycles. The smallest absolute Gasteiger partial charge is 0.134 e. The molecular formula is C11H20N4S2. The standard InChI is InChI=1S/C11H20N4S2/c1-11(2)4-5-15(6-7-16-11)8-9-10(12-3)17-14-13-9/h12H,4-8H2,1-3H3. The highest BCUT2D eigenvalue weighted by Gasteiger charge is 2.24. The SMILES string of the molecule is CNc1snnc1CN1CCSC(C)(C)CC1. The number of hydrogen-bond acceptors (Lipinski definition) is 6. The molecule has 2 rings (SSSR count). The van der Waals surface area contributed by atoms with Gasteiger partial charge in [0, 0.05) is 42.2 Å². The topological polar surface area (TPSA) is 41.1 Å². The molecular weight excluding hydrogens is 252 g/mol. The molecule has 0 spiro atoms. The normalized spacial score (nSPS) is 21.1. The van der Waals surface area contributed by atoms with Gasteiger partial charge >= 0.3 is 0 Å². The maximum atomic E-state index is 4.21. The number of hydrogen-bond donors (Lipinski definition) is 1. The average Bonchev–Trinajstić information content (AvgIpc) is 2.65. The van der Waals surface area contributed by atoms with Crippen LogP contribution in [0.4, 0.5) is 5.00 Å². The lowest BCUT2D eigenvalue weighted by atomic mass is 10.1. The van der Waals surface area contributed by atoms with Gasteiger partial charge in [0.05, 0.1) is 0 Å². The lowest BCUT2D eigenvalue weighted by Gasteiger charge is -2.22. The fraction of sp³-hybridized carbons (Fsp3) is 0.818. The number of nitrogens with zero attached hydrogens (tertiary/aromatic N) is 3. The molecule has 17 heavy (non-hydrogen) atoms. The fourth-order valence-electron chi connectivity index (χ4n) is 1.93. The molecule has 0 atom stereocenters. The van der Waals surface area contributed by atoms with Crippen LogP contribution in [0.1, 0.15) is 26.0 Å². The van der Waals surface area contributed by atoms with Crippen LogP contribution >= 0.6 is 23.3 Å². The average molecular weight is 272 g/mol. The van der Waals surface area contributed by atoms with E-state index in [1.165, 1.54) is 23.7 Å². The first-order valence-corrected chi connectivity index (χ1v) is 7.72. The summed E-state index contributed by atoms with van der Waals surface area (Å²) < 4.78 is 4.43. The van der Waals surface area contributed by atoms with Crippen LogP contribution in [0.15, 0.2) is 0 Å². The lowest BCUT2D eigenvalue weighted by molar-refractivity contribution is 0.273. The van der Waals surface area contributed by atoms with Crippen molar-refractivity contribution in [3.8, 4) is 0 Å². The van der Waals surface area contributed by atoms with Gasteiger partial charge in [0.2, 0.25) is 0 Å². The zero-order valence-corrected chi connectivity index (χ0v) is 12.3. The second kappa shape index (κ2) is 5.54. The van der Waals surface area contributed by atoms with E-state index in [0.717, 1.165) is 30.3 Å². The summed E-state index contributed by atoms with van der Waals surface area (Å²) in [5, 5.41) is 8.46. The summed E-state index contributed by atoms with van der Waals surface area (Å²) in [6.07, 6.45) is 1.24. The van der Waals surface area contributed by atoms with Crippen LogP contribution in [-0.4, -0.2) is 45.1 Å². The molecule has 1 fully saturated rings. The molecule has 96 valence electrons. The maximum Gasteiger partial charge on any atom is 0.134 e. The highest BCUT2D eigenvalue weighted by Crippen LogP contribution is 2.31. The molecule has 0 aliphatic carbocycles. The van der Waals surface area contributed by atoms with E-state index in [9.17, 15) is 0 Å². The van der Waals surface area contributed by atoms with E-state index >= 15 is 0 Å². The van der Waals surface area contributed by atoms with Crippen molar-refractivity contribution < 1.29 is 0 Å². The Kier molecular flexibility index (Phi) is 4.27. The molecule has 1 aliphatic rings. The largest absolute Gasteiger partial charge is 0.377 e. The van der Waals surface area contributed by atoms with Gasteiger partial charge < -0.3 is 5.32 Å². The van der Waals surface area contributed by atoms with Gasteiger partial charge in [-0.2, -0.15) is 11.8 Å². The van der Waals surface area contributed by atoms with Crippen molar-refractivity contribution in [2.45, 2.75) is 31.6 Å². The Labute approximate surface area is 111 Å². The quantitative estimate of drug-likeness (QED) is 0.914. The van der Waals surface area contributed by atoms with Crippen molar-refractivity contribution in [2.24, 2.45) is 0 Å². The van der Waals surface area contributed by atoms with Crippen molar-refractivity contribution in [1.29, 1.82) is 0 Å². The van der Waals surface area contributed by atoms with Gasteiger partial charge in [-0.05, 0) is 13.0 Å². The number of anilines is 1. The number of thioether (sulfide) groups is 1. The zero-order valence-electron chi connectivity index (χ0n) is 10.7. The monoisotopic (exact) mass is 272 g/mol. The Balaban J connectivity index is 1.95. The van der Waals surface area contributed by atoms with E-state index in [0.29, 0.717) is 4.75 Å². The van der Waals surface area contributed by atoms with E-state index in [1.54, 1.807) is 0 Å². The molecule has 1 aliphatic heterocycles. The molecule has 1 aromatic rings. The summed E-state index contributed by atoms with van der Waals surface area (Å²) in [5.74, 6) is 1.21. The van der Waals surface area contributed by atoms with Crippen molar-refractivity contribution in [1.82, 2.24) is 14.5 Å². The van der Waals surface area contributed by atoms with Crippen LogP contribution in [0, 0.1) is 0 Å². The summed E-state index contributed by atoms with van der Waals surface area (Å²) in [6, 6.07) is 0. The molecule has 0 unspecified atom stereocenters. The summed E-state index contributed by atoms with van der Waals surface area (Å²) in [6.45, 7) is 7.90. The third-order valence-corrected chi connectivity index (χ3v) is 5.24. The number of rotatable bonds is 3. The molecule has 1 aromatic heterocycles. The van der Waals surface area contributed by atoms with E-state index in [-0.39, 0.29) is 0 Å². The Hall–Kier alpha value is -0.330. The second-order valence-electron chi connectivity index (χ2n) is 4.93. The predicted octanol–water partition coefficient (Wildman–Crippen LogP) is 2.30. The lowest BCUT2D eigenvalue weighted by Crippen LogP contribution is -2.27. The Morgan fingerprint density at radius 3 is 3.00 bits per heavy atom. The fourth-order valence-corrected chi connectivity index (χ4v) is 3.60. The van der Waals surface area contributed by atoms with E-state index in [1.807, 2.05) is 7.05 Å². The molecule has 4 nitrogen and oxygen atoms in total. The second-order valence-corrected chi connectivity index (χ2v) is 7.49. The van der Waals surface area contributed by atoms with E-state index in [4.69, 9.17) is 0 Å². The summed E-state index contributed by atoms with van der Waals surface area (Å²) in [4.78, 5) is 2.49. The molecule has 0 aromatic carbocycles. The van der Waals surface area contributed by atoms with Crippen molar-refractivity contribution >= 4 is 28.3 Å². The summed E-state index contributed by atoms with van der Waals surface area (Å²) >= 11 is 3.52. The van der Waals surface area contributed by atoms with Gasteiger partial charge in [0.1, 0.15) is 10.7 Å². The first-order chi connectivity index (χ1) is 8.11. The van der Waals surface area contributed by atoms with Crippen molar-refractivity contribution in [3.63, 3.8) is 0 Å². The van der Waals surface area contributed by atoms with Crippen LogP contribution in [0.2, 0.25) is 0 Å². The third kappa shape index (κ3) is 3.56. The molecule has 0 saturated carbocycles. The van der Waals surface area contributed by atoms with Gasteiger partial charge in [-0.15, -0.1) is 5.10 Å². The highest BCUT2D eigenvalue weighted by molar-refractivity contribution is 8.00. The number of aromatic nitrogens is 2. The van der Waals surface area contributed by atoms with Gasteiger partial charge in [0.15, 0.2) is 0 Å². The van der Waals surface area contributed by atoms with Crippen molar-refractivity contribution in [2.75, 3.05) is 31.2 Å². The minimum atomic E-state index is 0.418. The van der Waals surface area contributed by atoms with Crippen LogP contribution in [-0.2, 0) is 6.54 Å². The van der Waals surface area contributed by atoms with Crippen LogP contribution < -0.4 is 5.32 Å². The Morgan fingerprint density at radius 1 is 1.41 bits per heavy atom. The first-order valence-electron chi connectivity index (χ1n) is 5.96. The number of nitrogens with one attached hydrogen (secondary N) is 1. The van der Waals surface area contributed by atoms with Crippen LogP contribution in [0.25, 0.3) is 0 Å². The van der Waals surface area contributed by atoms with Crippen molar-refractivity contribution in [3.05, 3.63) is 5.69 Å². The van der Waals surface area contributed by atoms with Gasteiger partial charge in [-0.3, -0.25) is 4.90 Å². The molecule has 6 heteroatoms. The van der Waals surface area contributed by atoms with Gasteiger partial charge in [0.25, 0.3) is 0 Å². The third-order valence-electron chi connectivity index (χ3n) is 3.09. The molecule has 0 bridgehead atoms.